The topological polar surface area (TPSA) is 105 Å². The van der Waals surface area contributed by atoms with Crippen molar-refractivity contribution in [3.05, 3.63) is 120 Å². The van der Waals surface area contributed by atoms with Gasteiger partial charge in [-0.25, -0.2) is 0 Å². The molecule has 110 heavy (non-hydrogen) atoms. The Bertz CT molecular complexity index is 2710. The summed E-state index contributed by atoms with van der Waals surface area (Å²) in [6.45, 7) is 66.1. The molecular weight excluding hydrogens is 1360 g/mol. The van der Waals surface area contributed by atoms with Crippen LogP contribution in [-0.2, 0) is 46.4 Å². The number of ether oxygens (including phenoxy) is 7. The van der Waals surface area contributed by atoms with E-state index in [1.165, 1.54) is 162 Å². The molecule has 0 heterocycles. The zero-order valence-corrected chi connectivity index (χ0v) is 76.4. The van der Waals surface area contributed by atoms with Gasteiger partial charge in [-0.3, -0.25) is 0 Å². The number of aliphatic hydroxyl groups is 2. The van der Waals surface area contributed by atoms with Gasteiger partial charge >= 0.3 is 0 Å². The van der Waals surface area contributed by atoms with E-state index in [0.29, 0.717) is 43.7 Å². The highest BCUT2D eigenvalue weighted by Gasteiger charge is 2.34. The molecule has 0 spiro atoms. The van der Waals surface area contributed by atoms with E-state index < -0.39 is 0 Å². The summed E-state index contributed by atoms with van der Waals surface area (Å²) in [5.74, 6) is 3.93. The van der Waals surface area contributed by atoms with Crippen LogP contribution in [0.1, 0.15) is 388 Å². The minimum absolute atomic E-state index is 0. The first-order chi connectivity index (χ1) is 50.3. The van der Waals surface area contributed by atoms with E-state index in [0.717, 1.165) is 62.4 Å². The van der Waals surface area contributed by atoms with Crippen LogP contribution in [0, 0.1) is 29.6 Å². The predicted octanol–water partition coefficient (Wildman–Crippen LogP) is 30.1. The molecule has 7 atom stereocenters. The van der Waals surface area contributed by atoms with E-state index in [4.69, 9.17) is 43.4 Å². The molecule has 9 rings (SSSR count). The summed E-state index contributed by atoms with van der Waals surface area (Å²) in [7, 11) is 1.00. The first kappa shape index (κ1) is 111. The van der Waals surface area contributed by atoms with Crippen molar-refractivity contribution in [2.45, 2.75) is 466 Å². The van der Waals surface area contributed by atoms with Gasteiger partial charge in [0.15, 0.2) is 0 Å². The van der Waals surface area contributed by atoms with E-state index in [2.05, 4.69) is 305 Å². The zero-order chi connectivity index (χ0) is 82.4. The van der Waals surface area contributed by atoms with Gasteiger partial charge in [-0.2, -0.15) is 0 Å². The summed E-state index contributed by atoms with van der Waals surface area (Å²) in [6.07, 6.45) is 33.2. The summed E-state index contributed by atoms with van der Waals surface area (Å²) in [6, 6.07) is 37.8. The summed E-state index contributed by atoms with van der Waals surface area (Å²) in [4.78, 5) is 0. The van der Waals surface area contributed by atoms with E-state index in [-0.39, 0.29) is 60.2 Å². The maximum Gasteiger partial charge on any atom is 0.0730 e. The number of rotatable bonds is 14. The summed E-state index contributed by atoms with van der Waals surface area (Å²) >= 11 is 0. The first-order valence-electron chi connectivity index (χ1n) is 43.3. The first-order valence-corrected chi connectivity index (χ1v) is 43.3. The second kappa shape index (κ2) is 58.4. The van der Waals surface area contributed by atoms with E-state index >= 15 is 0 Å². The minimum Gasteiger partial charge on any atom is -0.400 e. The van der Waals surface area contributed by atoms with Crippen molar-refractivity contribution < 1.29 is 43.4 Å². The average Bonchev–Trinajstić information content (AvgIpc) is 1.13. The van der Waals surface area contributed by atoms with Gasteiger partial charge < -0.3 is 43.4 Å². The molecule has 0 radical (unpaired) electrons. The van der Waals surface area contributed by atoms with Gasteiger partial charge in [-0.1, -0.05) is 257 Å². The average molecular weight is 1540 g/mol. The third-order valence-electron chi connectivity index (χ3n) is 19.1. The SMILES string of the molecule is C.C.CC(C)(C)OC1CCCCC1.CC(C)(C)OCc1ccc(-c2ccccc2)cc1.CC(C)(C)OCc1ccccc1-c1ccccc1.CC1CCC(OC(C)(C)C)C(C(C)C)C1.CC1CCCC1OC(C)(C)C.CC1CCCCC1OC(C)(C)C.CCC.CCC(CC)OC(C)(C)C.CO.OC1CCCCCC1. The Morgan fingerprint density at radius 3 is 1.15 bits per heavy atom. The highest BCUT2D eigenvalue weighted by Crippen LogP contribution is 2.38. The van der Waals surface area contributed by atoms with Gasteiger partial charge in [-0.05, 0) is 292 Å². The molecule has 5 aliphatic carbocycles. The summed E-state index contributed by atoms with van der Waals surface area (Å²) < 4.78 is 41.4. The minimum atomic E-state index is -0.107. The third kappa shape index (κ3) is 59.2. The molecule has 9 nitrogen and oxygen atoms in total. The molecule has 4 aromatic carbocycles. The molecule has 0 saturated heterocycles. The van der Waals surface area contributed by atoms with Crippen molar-refractivity contribution in [2.24, 2.45) is 29.6 Å². The lowest BCUT2D eigenvalue weighted by Crippen LogP contribution is -2.39. The number of hydrogen-bond donors (Lipinski definition) is 2. The molecule has 5 saturated carbocycles. The van der Waals surface area contributed by atoms with Crippen LogP contribution in [0.4, 0.5) is 0 Å². The Labute approximate surface area is 684 Å². The lowest BCUT2D eigenvalue weighted by Gasteiger charge is -2.40. The van der Waals surface area contributed by atoms with Gasteiger partial charge in [0.25, 0.3) is 0 Å². The Morgan fingerprint density at radius 2 is 0.745 bits per heavy atom. The van der Waals surface area contributed by atoms with Gasteiger partial charge in [-0.15, -0.1) is 0 Å². The Kier molecular flexibility index (Phi) is 58.7. The smallest absolute Gasteiger partial charge is 0.0730 e. The Balaban J connectivity index is -0.00000119. The van der Waals surface area contributed by atoms with Gasteiger partial charge in [0.1, 0.15) is 0 Å². The van der Waals surface area contributed by atoms with Gasteiger partial charge in [0.2, 0.25) is 0 Å². The predicted molar refractivity (Wildman–Crippen MR) is 483 cm³/mol. The Morgan fingerprint density at radius 1 is 0.373 bits per heavy atom. The standard InChI is InChI=1S/2C17H20O.C14H28O.C11H22O.2C10H20O.C9H20O.C7H14O.C3H8.CH4O.2CH4/c1-17(2,3)18-13-15-11-7-8-12-16(15)14-9-5-4-6-10-14;1-17(2,3)18-13-14-9-11-16(12-10-14)15-7-5-4-6-8-15;1-10(2)12-9-11(3)7-8-13(12)15-14(4,5)6;1-9-7-5-6-8-10(9)12-11(2,3)4;1-8-6-5-7-9(8)11-10(2,3)4;1-10(2,3)11-9-7-5-4-6-8-9;1-6-8(7-2)10-9(3,4)5;8-7-5-3-1-2-4-6-7;1-3-2;1-2;;/h2*4-12H,13H2,1-3H3;10-13H,7-9H2,1-6H3;9-10H,5-8H2,1-4H3;8-9H,5-7H2,1-4H3;9H,4-8H2,1-3H3;8H,6-7H2,1-5H3;7-8H,1-6H2;3H2,1-2H3;2H,1H3;2*1H4. The number of hydrogen-bond acceptors (Lipinski definition) is 9. The number of aliphatic hydroxyl groups excluding tert-OH is 2. The van der Waals surface area contributed by atoms with Crippen LogP contribution < -0.4 is 0 Å². The maximum atomic E-state index is 9.09. The summed E-state index contributed by atoms with van der Waals surface area (Å²) in [5.41, 5.74) is 7.42. The van der Waals surface area contributed by atoms with Crippen molar-refractivity contribution in [3.8, 4) is 22.3 Å². The van der Waals surface area contributed by atoms with Crippen molar-refractivity contribution >= 4 is 0 Å². The van der Waals surface area contributed by atoms with Crippen LogP contribution in [0.25, 0.3) is 22.3 Å². The van der Waals surface area contributed by atoms with Crippen molar-refractivity contribution in [1.82, 2.24) is 0 Å². The van der Waals surface area contributed by atoms with Crippen molar-refractivity contribution in [2.75, 3.05) is 7.11 Å². The van der Waals surface area contributed by atoms with Crippen LogP contribution >= 0.6 is 0 Å². The lowest BCUT2D eigenvalue weighted by molar-refractivity contribution is -0.112. The quantitative estimate of drug-likeness (QED) is 0.119. The maximum absolute atomic E-state index is 9.09. The van der Waals surface area contributed by atoms with E-state index in [1.807, 2.05) is 12.1 Å². The van der Waals surface area contributed by atoms with Crippen LogP contribution in [0.15, 0.2) is 109 Å². The molecule has 0 aromatic heterocycles. The fourth-order valence-electron chi connectivity index (χ4n) is 13.8. The lowest BCUT2D eigenvalue weighted by atomic mass is 9.75. The molecule has 0 amide bonds. The van der Waals surface area contributed by atoms with Crippen molar-refractivity contribution in [3.63, 3.8) is 0 Å². The highest BCUT2D eigenvalue weighted by atomic mass is 16.5. The van der Waals surface area contributed by atoms with Crippen LogP contribution in [0.3, 0.4) is 0 Å². The van der Waals surface area contributed by atoms with E-state index in [1.54, 1.807) is 0 Å². The fourth-order valence-corrected chi connectivity index (χ4v) is 13.8. The molecule has 0 bridgehead atoms. The molecule has 5 fully saturated rings. The monoisotopic (exact) mass is 1540 g/mol. The van der Waals surface area contributed by atoms with Crippen molar-refractivity contribution in [1.29, 1.82) is 0 Å². The normalized spacial score (nSPS) is 20.5. The van der Waals surface area contributed by atoms with E-state index in [9.17, 15) is 0 Å². The largest absolute Gasteiger partial charge is 0.400 e. The summed E-state index contributed by atoms with van der Waals surface area (Å²) in [5, 5.41) is 16.1. The molecule has 4 aromatic rings. The second-order valence-electron chi connectivity index (χ2n) is 38.7. The molecule has 642 valence electrons. The molecule has 5 aliphatic rings. The third-order valence-corrected chi connectivity index (χ3v) is 19.1. The number of benzene rings is 4. The molecule has 2 N–H and O–H groups in total. The fraction of sp³-hybridized carbons (Fsp3) is 0.762. The molecule has 7 unspecified atom stereocenters. The molecule has 0 aliphatic heterocycles. The van der Waals surface area contributed by atoms with Crippen LogP contribution in [0.2, 0.25) is 0 Å². The molecule has 9 heteroatoms. The Hall–Kier alpha value is -3.48. The zero-order valence-electron chi connectivity index (χ0n) is 76.4. The van der Waals surface area contributed by atoms with Crippen LogP contribution in [-0.4, -0.2) is 93.2 Å². The van der Waals surface area contributed by atoms with Crippen LogP contribution in [0.5, 0.6) is 0 Å². The second-order valence-corrected chi connectivity index (χ2v) is 38.7. The highest BCUT2D eigenvalue weighted by molar-refractivity contribution is 5.67. The van der Waals surface area contributed by atoms with Gasteiger partial charge in [0.05, 0.1) is 89.0 Å². The van der Waals surface area contributed by atoms with Gasteiger partial charge in [0, 0.05) is 7.11 Å². The molecular formula is C101H184O9.